The molecule has 1 fully saturated rings. The van der Waals surface area contributed by atoms with E-state index in [9.17, 15) is 4.79 Å². The molecular weight excluding hydrogens is 333 g/mol. The molecule has 0 amide bonds. The summed E-state index contributed by atoms with van der Waals surface area (Å²) in [6.45, 7) is 6.89. The minimum absolute atomic E-state index is 0. The maximum atomic E-state index is 12.3. The Bertz CT molecular complexity index is 722. The van der Waals surface area contributed by atoms with Gasteiger partial charge in [-0.15, -0.1) is 24.8 Å². The van der Waals surface area contributed by atoms with Crippen molar-refractivity contribution in [2.45, 2.75) is 39.3 Å². The van der Waals surface area contributed by atoms with Gasteiger partial charge in [0.15, 0.2) is 5.43 Å². The molecule has 0 bridgehead atoms. The summed E-state index contributed by atoms with van der Waals surface area (Å²) in [4.78, 5) is 18.2. The van der Waals surface area contributed by atoms with Crippen molar-refractivity contribution in [3.63, 3.8) is 0 Å². The molecule has 0 radical (unpaired) electrons. The van der Waals surface area contributed by atoms with E-state index in [1.54, 1.807) is 6.07 Å². The number of pyridine rings is 1. The van der Waals surface area contributed by atoms with E-state index in [4.69, 9.17) is 5.73 Å². The minimum atomic E-state index is 0. The molecule has 128 valence electrons. The summed E-state index contributed by atoms with van der Waals surface area (Å²) in [5, 5.41) is 0.789. The first-order valence-corrected chi connectivity index (χ1v) is 7.64. The molecule has 1 aromatic heterocycles. The van der Waals surface area contributed by atoms with Gasteiger partial charge >= 0.3 is 0 Å². The van der Waals surface area contributed by atoms with Gasteiger partial charge in [-0.2, -0.15) is 0 Å². The van der Waals surface area contributed by atoms with Gasteiger partial charge < -0.3 is 10.7 Å². The van der Waals surface area contributed by atoms with E-state index in [0.717, 1.165) is 60.2 Å². The van der Waals surface area contributed by atoms with Crippen LogP contribution in [0.3, 0.4) is 0 Å². The molecule has 3 rings (SSSR count). The Labute approximate surface area is 149 Å². The summed E-state index contributed by atoms with van der Waals surface area (Å²) in [5.74, 6) is 0. The zero-order valence-electron chi connectivity index (χ0n) is 13.6. The quantitative estimate of drug-likeness (QED) is 0.868. The maximum absolute atomic E-state index is 12.3. The Hall–Kier alpha value is -1.07. The van der Waals surface area contributed by atoms with Gasteiger partial charge in [-0.05, 0) is 43.9 Å². The number of piperidine rings is 1. The zero-order valence-corrected chi connectivity index (χ0v) is 15.2. The Kier molecular flexibility index (Phi) is 7.08. The van der Waals surface area contributed by atoms with Crippen molar-refractivity contribution in [2.75, 3.05) is 13.1 Å². The van der Waals surface area contributed by atoms with Crippen molar-refractivity contribution in [3.05, 3.63) is 45.2 Å². The van der Waals surface area contributed by atoms with Crippen LogP contribution < -0.4 is 11.2 Å². The summed E-state index contributed by atoms with van der Waals surface area (Å²) >= 11 is 0. The number of benzene rings is 1. The SMILES string of the molecule is Cc1cc(C)c2[nH]c(CN3CCC(N)CC3)cc(=O)c2c1.Cl.Cl. The fourth-order valence-electron chi connectivity index (χ4n) is 3.20. The average Bonchev–Trinajstić information content (AvgIpc) is 2.43. The van der Waals surface area contributed by atoms with Gasteiger partial charge in [0, 0.05) is 42.8 Å². The first-order valence-electron chi connectivity index (χ1n) is 7.64. The number of nitrogens with zero attached hydrogens (tertiary/aromatic N) is 1. The molecule has 2 aromatic rings. The van der Waals surface area contributed by atoms with Crippen LogP contribution in [-0.4, -0.2) is 29.0 Å². The van der Waals surface area contributed by atoms with Crippen LogP contribution in [0.2, 0.25) is 0 Å². The molecule has 0 unspecified atom stereocenters. The van der Waals surface area contributed by atoms with E-state index in [1.165, 1.54) is 0 Å². The van der Waals surface area contributed by atoms with Gasteiger partial charge in [-0.25, -0.2) is 0 Å². The predicted molar refractivity (Wildman–Crippen MR) is 101 cm³/mol. The smallest absolute Gasteiger partial charge is 0.189 e. The van der Waals surface area contributed by atoms with Crippen molar-refractivity contribution in [2.24, 2.45) is 5.73 Å². The lowest BCUT2D eigenvalue weighted by atomic mass is 10.0. The lowest BCUT2D eigenvalue weighted by Gasteiger charge is -2.29. The molecule has 23 heavy (non-hydrogen) atoms. The molecule has 1 saturated heterocycles. The predicted octanol–water partition coefficient (Wildman–Crippen LogP) is 2.91. The van der Waals surface area contributed by atoms with Gasteiger partial charge in [-0.1, -0.05) is 6.07 Å². The van der Waals surface area contributed by atoms with Crippen LogP contribution in [0.1, 0.15) is 29.7 Å². The Morgan fingerprint density at radius 1 is 1.17 bits per heavy atom. The molecule has 3 N–H and O–H groups in total. The van der Waals surface area contributed by atoms with Crippen LogP contribution in [0.15, 0.2) is 23.0 Å². The van der Waals surface area contributed by atoms with Crippen LogP contribution in [0.5, 0.6) is 0 Å². The van der Waals surface area contributed by atoms with Crippen molar-refractivity contribution < 1.29 is 0 Å². The highest BCUT2D eigenvalue weighted by molar-refractivity contribution is 5.85. The standard InChI is InChI=1S/C17H23N3O.2ClH/c1-11-7-12(2)17-15(8-11)16(21)9-14(19-17)10-20-5-3-13(18)4-6-20;;/h7-9,13H,3-6,10,18H2,1-2H3,(H,19,21);2*1H. The molecule has 0 saturated carbocycles. The fraction of sp³-hybridized carbons (Fsp3) is 0.471. The maximum Gasteiger partial charge on any atom is 0.189 e. The number of nitrogens with one attached hydrogen (secondary N) is 1. The number of hydrogen-bond acceptors (Lipinski definition) is 3. The highest BCUT2D eigenvalue weighted by Crippen LogP contribution is 2.17. The number of aromatic nitrogens is 1. The molecule has 4 nitrogen and oxygen atoms in total. The normalized spacial score (nSPS) is 16.0. The van der Waals surface area contributed by atoms with Gasteiger partial charge in [-0.3, -0.25) is 9.69 Å². The largest absolute Gasteiger partial charge is 0.357 e. The lowest BCUT2D eigenvalue weighted by molar-refractivity contribution is 0.203. The summed E-state index contributed by atoms with van der Waals surface area (Å²) in [5.41, 5.74) is 10.3. The monoisotopic (exact) mass is 357 g/mol. The van der Waals surface area contributed by atoms with E-state index in [2.05, 4.69) is 22.9 Å². The number of hydrogen-bond donors (Lipinski definition) is 2. The van der Waals surface area contributed by atoms with E-state index in [0.29, 0.717) is 6.04 Å². The van der Waals surface area contributed by atoms with Crippen molar-refractivity contribution >= 4 is 35.7 Å². The van der Waals surface area contributed by atoms with E-state index in [1.807, 2.05) is 13.0 Å². The molecule has 6 heteroatoms. The van der Waals surface area contributed by atoms with Crippen molar-refractivity contribution in [1.82, 2.24) is 9.88 Å². The second kappa shape index (κ2) is 8.15. The number of aromatic amines is 1. The molecule has 1 aromatic carbocycles. The van der Waals surface area contributed by atoms with Crippen LogP contribution in [0, 0.1) is 13.8 Å². The van der Waals surface area contributed by atoms with Gasteiger partial charge in [0.2, 0.25) is 0 Å². The molecule has 2 heterocycles. The molecule has 1 aliphatic rings. The van der Waals surface area contributed by atoms with E-state index >= 15 is 0 Å². The Balaban J connectivity index is 0.00000132. The average molecular weight is 358 g/mol. The van der Waals surface area contributed by atoms with Gasteiger partial charge in [0.25, 0.3) is 0 Å². The summed E-state index contributed by atoms with van der Waals surface area (Å²) in [6, 6.07) is 6.16. The number of likely N-dealkylation sites (tertiary alicyclic amines) is 1. The molecular formula is C17H25Cl2N3O. The third kappa shape index (κ3) is 4.48. The Morgan fingerprint density at radius 2 is 1.83 bits per heavy atom. The number of rotatable bonds is 2. The third-order valence-electron chi connectivity index (χ3n) is 4.36. The number of H-pyrrole nitrogens is 1. The van der Waals surface area contributed by atoms with Crippen molar-refractivity contribution in [3.8, 4) is 0 Å². The Morgan fingerprint density at radius 3 is 2.48 bits per heavy atom. The molecule has 1 aliphatic heterocycles. The first kappa shape index (κ1) is 20.0. The van der Waals surface area contributed by atoms with Gasteiger partial charge in [0.05, 0.1) is 5.52 Å². The number of aryl methyl sites for hydroxylation is 2. The second-order valence-electron chi connectivity index (χ2n) is 6.28. The summed E-state index contributed by atoms with van der Waals surface area (Å²) in [7, 11) is 0. The van der Waals surface area contributed by atoms with Gasteiger partial charge in [0.1, 0.15) is 0 Å². The van der Waals surface area contributed by atoms with Crippen molar-refractivity contribution in [1.29, 1.82) is 0 Å². The molecule has 0 aliphatic carbocycles. The summed E-state index contributed by atoms with van der Waals surface area (Å²) < 4.78 is 0. The van der Waals surface area contributed by atoms with Crippen LogP contribution in [0.25, 0.3) is 10.9 Å². The lowest BCUT2D eigenvalue weighted by Crippen LogP contribution is -2.39. The van der Waals surface area contributed by atoms with Crippen LogP contribution >= 0.6 is 24.8 Å². The molecule has 0 atom stereocenters. The fourth-order valence-corrected chi connectivity index (χ4v) is 3.20. The molecule has 0 spiro atoms. The second-order valence-corrected chi connectivity index (χ2v) is 6.28. The number of nitrogens with two attached hydrogens (primary N) is 1. The number of fused-ring (bicyclic) bond motifs is 1. The van der Waals surface area contributed by atoms with Crippen LogP contribution in [-0.2, 0) is 6.54 Å². The first-order chi connectivity index (χ1) is 10.0. The highest BCUT2D eigenvalue weighted by Gasteiger charge is 2.16. The minimum Gasteiger partial charge on any atom is -0.357 e. The van der Waals surface area contributed by atoms with Crippen LogP contribution in [0.4, 0.5) is 0 Å². The third-order valence-corrected chi connectivity index (χ3v) is 4.36. The summed E-state index contributed by atoms with van der Waals surface area (Å²) in [6.07, 6.45) is 2.08. The number of halogens is 2. The highest BCUT2D eigenvalue weighted by atomic mass is 35.5. The van der Waals surface area contributed by atoms with E-state index in [-0.39, 0.29) is 30.2 Å². The van der Waals surface area contributed by atoms with E-state index < -0.39 is 0 Å². The topological polar surface area (TPSA) is 62.1 Å². The zero-order chi connectivity index (χ0) is 15.0.